The Hall–Kier alpha value is -2.99. The maximum atomic E-state index is 12.2. The molecule has 0 aliphatic heterocycles. The van der Waals surface area contributed by atoms with Gasteiger partial charge in [0.25, 0.3) is 5.69 Å². The summed E-state index contributed by atoms with van der Waals surface area (Å²) in [6.45, 7) is 0. The molecule has 0 aliphatic rings. The van der Waals surface area contributed by atoms with Gasteiger partial charge in [-0.1, -0.05) is 40.2 Å². The Morgan fingerprint density at radius 2 is 1.88 bits per heavy atom. The zero-order valence-corrected chi connectivity index (χ0v) is 14.5. The smallest absolute Gasteiger partial charge is 0.270 e. The van der Waals surface area contributed by atoms with Gasteiger partial charge < -0.3 is 4.42 Å². The highest BCUT2D eigenvalue weighted by Crippen LogP contribution is 2.26. The molecule has 0 fully saturated rings. The second-order valence-electron chi connectivity index (χ2n) is 5.19. The van der Waals surface area contributed by atoms with Gasteiger partial charge in [-0.2, -0.15) is 0 Å². The number of ketones is 1. The molecule has 0 spiro atoms. The van der Waals surface area contributed by atoms with Crippen LogP contribution in [-0.4, -0.2) is 10.7 Å². The van der Waals surface area contributed by atoms with Crippen molar-refractivity contribution in [3.63, 3.8) is 0 Å². The summed E-state index contributed by atoms with van der Waals surface area (Å²) in [5, 5.41) is 10.9. The van der Waals surface area contributed by atoms with Gasteiger partial charge in [-0.25, -0.2) is 0 Å². The molecule has 3 rings (SSSR count). The Morgan fingerprint density at radius 3 is 2.64 bits per heavy atom. The van der Waals surface area contributed by atoms with E-state index in [4.69, 9.17) is 4.42 Å². The summed E-state index contributed by atoms with van der Waals surface area (Å²) in [4.78, 5) is 22.6. The van der Waals surface area contributed by atoms with Crippen molar-refractivity contribution in [2.24, 2.45) is 0 Å². The highest BCUT2D eigenvalue weighted by molar-refractivity contribution is 9.10. The van der Waals surface area contributed by atoms with E-state index in [1.54, 1.807) is 48.5 Å². The van der Waals surface area contributed by atoms with Gasteiger partial charge in [0.15, 0.2) is 5.78 Å². The molecular weight excluding hydrogens is 386 g/mol. The molecule has 6 heteroatoms. The second-order valence-corrected chi connectivity index (χ2v) is 6.04. The van der Waals surface area contributed by atoms with Crippen LogP contribution >= 0.6 is 15.9 Å². The molecule has 0 atom stereocenters. The van der Waals surface area contributed by atoms with Gasteiger partial charge in [-0.15, -0.1) is 0 Å². The van der Waals surface area contributed by atoms with Gasteiger partial charge in [-0.3, -0.25) is 14.9 Å². The Morgan fingerprint density at radius 1 is 1.08 bits per heavy atom. The zero-order valence-electron chi connectivity index (χ0n) is 12.9. The van der Waals surface area contributed by atoms with Crippen LogP contribution in [0.25, 0.3) is 17.4 Å². The summed E-state index contributed by atoms with van der Waals surface area (Å²) in [6, 6.07) is 16.8. The number of carbonyl (C=O) groups is 1. The maximum Gasteiger partial charge on any atom is 0.270 e. The number of carbonyl (C=O) groups excluding carboxylic acids is 1. The molecule has 0 amide bonds. The lowest BCUT2D eigenvalue weighted by atomic mass is 10.1. The summed E-state index contributed by atoms with van der Waals surface area (Å²) in [6.07, 6.45) is 3.00. The third kappa shape index (κ3) is 3.92. The van der Waals surface area contributed by atoms with E-state index in [1.807, 2.05) is 6.07 Å². The van der Waals surface area contributed by atoms with Crippen LogP contribution in [0.2, 0.25) is 0 Å². The van der Waals surface area contributed by atoms with Crippen molar-refractivity contribution >= 4 is 33.5 Å². The number of rotatable bonds is 5. The highest BCUT2D eigenvalue weighted by Gasteiger charge is 2.10. The first-order chi connectivity index (χ1) is 12.0. The van der Waals surface area contributed by atoms with Gasteiger partial charge in [0.2, 0.25) is 0 Å². The molecule has 25 heavy (non-hydrogen) atoms. The molecule has 2 aromatic carbocycles. The van der Waals surface area contributed by atoms with Crippen molar-refractivity contribution in [3.05, 3.63) is 92.7 Å². The molecule has 0 saturated carbocycles. The molecule has 0 unspecified atom stereocenters. The number of hydrogen-bond acceptors (Lipinski definition) is 4. The van der Waals surface area contributed by atoms with Crippen molar-refractivity contribution in [1.29, 1.82) is 0 Å². The van der Waals surface area contributed by atoms with Gasteiger partial charge in [0.05, 0.1) is 4.92 Å². The van der Waals surface area contributed by atoms with Crippen molar-refractivity contribution in [1.82, 2.24) is 0 Å². The number of hydrogen-bond donors (Lipinski definition) is 0. The molecular formula is C19H12BrNO4. The van der Waals surface area contributed by atoms with Crippen LogP contribution in [0.3, 0.4) is 0 Å². The monoisotopic (exact) mass is 397 g/mol. The summed E-state index contributed by atoms with van der Waals surface area (Å²) in [5.74, 6) is 0.833. The molecule has 0 bridgehead atoms. The number of non-ortho nitro benzene ring substituents is 1. The van der Waals surface area contributed by atoms with Gasteiger partial charge in [0, 0.05) is 27.7 Å². The Bertz CT molecular complexity index is 975. The fraction of sp³-hybridized carbons (Fsp3) is 0. The quantitative estimate of drug-likeness (QED) is 0.246. The number of nitrogens with zero attached hydrogens (tertiary/aromatic N) is 1. The molecule has 0 N–H and O–H groups in total. The minimum absolute atomic E-state index is 0.00454. The van der Waals surface area contributed by atoms with Crippen LogP contribution in [-0.2, 0) is 0 Å². The van der Waals surface area contributed by atoms with Crippen molar-refractivity contribution in [2.45, 2.75) is 0 Å². The van der Waals surface area contributed by atoms with Crippen LogP contribution in [0.4, 0.5) is 5.69 Å². The number of halogens is 1. The fourth-order valence-electron chi connectivity index (χ4n) is 2.28. The lowest BCUT2D eigenvalue weighted by Crippen LogP contribution is -1.94. The SMILES string of the molecule is O=C(C=Cc1ccc(-c2cccc([N+](=O)[O-])c2)o1)c1ccccc1Br. The van der Waals surface area contributed by atoms with E-state index >= 15 is 0 Å². The summed E-state index contributed by atoms with van der Waals surface area (Å²) in [7, 11) is 0. The van der Waals surface area contributed by atoms with Gasteiger partial charge in [0.1, 0.15) is 11.5 Å². The van der Waals surface area contributed by atoms with Crippen LogP contribution in [0, 0.1) is 10.1 Å². The minimum atomic E-state index is -0.455. The van der Waals surface area contributed by atoms with Crippen LogP contribution in [0.5, 0.6) is 0 Å². The predicted molar refractivity (Wildman–Crippen MR) is 98.3 cm³/mol. The van der Waals surface area contributed by atoms with Crippen LogP contribution < -0.4 is 0 Å². The number of nitro groups is 1. The standard InChI is InChI=1S/C19H12BrNO4/c20-17-7-2-1-6-16(17)18(22)10-8-15-9-11-19(25-15)13-4-3-5-14(12-13)21(23)24/h1-12H. The Balaban J connectivity index is 1.80. The van der Waals surface area contributed by atoms with Gasteiger partial charge >= 0.3 is 0 Å². The summed E-state index contributed by atoms with van der Waals surface area (Å²) >= 11 is 3.34. The van der Waals surface area contributed by atoms with Crippen molar-refractivity contribution in [2.75, 3.05) is 0 Å². The summed E-state index contributed by atoms with van der Waals surface area (Å²) in [5.41, 5.74) is 1.16. The fourth-order valence-corrected chi connectivity index (χ4v) is 2.76. The molecule has 5 nitrogen and oxygen atoms in total. The van der Waals surface area contributed by atoms with Crippen molar-refractivity contribution < 1.29 is 14.1 Å². The van der Waals surface area contributed by atoms with E-state index in [9.17, 15) is 14.9 Å². The van der Waals surface area contributed by atoms with E-state index in [0.29, 0.717) is 22.6 Å². The molecule has 0 saturated heterocycles. The first-order valence-electron chi connectivity index (χ1n) is 7.36. The molecule has 1 aromatic heterocycles. The lowest BCUT2D eigenvalue weighted by Gasteiger charge is -1.98. The molecule has 0 aliphatic carbocycles. The summed E-state index contributed by atoms with van der Waals surface area (Å²) < 4.78 is 6.37. The van der Waals surface area contributed by atoms with E-state index in [0.717, 1.165) is 4.47 Å². The number of furan rings is 1. The van der Waals surface area contributed by atoms with E-state index in [-0.39, 0.29) is 11.5 Å². The molecule has 0 radical (unpaired) electrons. The highest BCUT2D eigenvalue weighted by atomic mass is 79.9. The molecule has 124 valence electrons. The average Bonchev–Trinajstić information content (AvgIpc) is 3.09. The van der Waals surface area contributed by atoms with Crippen LogP contribution in [0.1, 0.15) is 16.1 Å². The van der Waals surface area contributed by atoms with E-state index in [1.165, 1.54) is 18.2 Å². The van der Waals surface area contributed by atoms with E-state index < -0.39 is 4.92 Å². The molecule has 3 aromatic rings. The Labute approximate surface area is 151 Å². The lowest BCUT2D eigenvalue weighted by molar-refractivity contribution is -0.384. The second kappa shape index (κ2) is 7.27. The predicted octanol–water partition coefficient (Wildman–Crippen LogP) is 5.51. The first-order valence-corrected chi connectivity index (χ1v) is 8.15. The maximum absolute atomic E-state index is 12.2. The topological polar surface area (TPSA) is 73.3 Å². The number of nitro benzene ring substituents is 1. The average molecular weight is 398 g/mol. The van der Waals surface area contributed by atoms with Gasteiger partial charge in [-0.05, 0) is 36.4 Å². The van der Waals surface area contributed by atoms with Crippen molar-refractivity contribution in [3.8, 4) is 11.3 Å². The Kier molecular flexibility index (Phi) is 4.90. The number of allylic oxidation sites excluding steroid dienone is 1. The largest absolute Gasteiger partial charge is 0.457 e. The van der Waals surface area contributed by atoms with E-state index in [2.05, 4.69) is 15.9 Å². The third-order valence-corrected chi connectivity index (χ3v) is 4.20. The normalized spacial score (nSPS) is 10.9. The van der Waals surface area contributed by atoms with Crippen LogP contribution in [0.15, 0.2) is 75.6 Å². The first kappa shape index (κ1) is 16.9. The number of benzene rings is 2. The molecule has 1 heterocycles. The third-order valence-electron chi connectivity index (χ3n) is 3.51. The minimum Gasteiger partial charge on any atom is -0.457 e. The zero-order chi connectivity index (χ0) is 17.8.